The number of nitrogens with zero attached hydrogens (tertiary/aromatic N) is 2. The van der Waals surface area contributed by atoms with Gasteiger partial charge in [0.2, 0.25) is 0 Å². The Morgan fingerprint density at radius 1 is 1.00 bits per heavy atom. The number of likely N-dealkylation sites (tertiary alicyclic amines) is 2. The first-order valence-corrected chi connectivity index (χ1v) is 9.39. The Morgan fingerprint density at radius 3 is 2.50 bits per heavy atom. The molecule has 3 saturated heterocycles. The lowest BCUT2D eigenvalue weighted by molar-refractivity contribution is -0.155. The third-order valence-electron chi connectivity index (χ3n) is 6.22. The molecule has 0 unspecified atom stereocenters. The first kappa shape index (κ1) is 14.9. The third-order valence-corrected chi connectivity index (χ3v) is 6.22. The zero-order valence-electron chi connectivity index (χ0n) is 13.9. The van der Waals surface area contributed by atoms with E-state index in [2.05, 4.69) is 16.7 Å². The van der Waals surface area contributed by atoms with E-state index in [9.17, 15) is 4.79 Å². The predicted octanol–water partition coefficient (Wildman–Crippen LogP) is 2.28. The Kier molecular flexibility index (Phi) is 4.16. The zero-order chi connectivity index (χ0) is 15.1. The molecule has 1 amide bonds. The molecule has 4 rings (SSSR count). The molecule has 4 fully saturated rings. The monoisotopic (exact) mass is 306 g/mol. The largest absolute Gasteiger partial charge is 0.363 e. The van der Waals surface area contributed by atoms with Gasteiger partial charge in [-0.05, 0) is 56.8 Å². The molecule has 0 radical (unpaired) electrons. The quantitative estimate of drug-likeness (QED) is 0.802. The number of hydrogen-bond donors (Lipinski definition) is 0. The maximum Gasteiger partial charge on any atom is 0.251 e. The summed E-state index contributed by atoms with van der Waals surface area (Å²) in [4.78, 5) is 17.4. The van der Waals surface area contributed by atoms with Gasteiger partial charge < -0.3 is 9.64 Å². The average Bonchev–Trinajstić information content (AvgIpc) is 3.27. The summed E-state index contributed by atoms with van der Waals surface area (Å²) in [5.74, 6) is 1.99. The first-order chi connectivity index (χ1) is 10.7. The summed E-state index contributed by atoms with van der Waals surface area (Å²) < 4.78 is 6.25. The van der Waals surface area contributed by atoms with Crippen LogP contribution in [0.2, 0.25) is 0 Å². The maximum absolute atomic E-state index is 12.7. The van der Waals surface area contributed by atoms with E-state index in [0.717, 1.165) is 57.0 Å². The fourth-order valence-corrected chi connectivity index (χ4v) is 4.49. The molecule has 0 spiro atoms. The Morgan fingerprint density at radius 2 is 1.77 bits per heavy atom. The van der Waals surface area contributed by atoms with Crippen LogP contribution < -0.4 is 0 Å². The Balaban J connectivity index is 1.31. The van der Waals surface area contributed by atoms with E-state index in [1.165, 1.54) is 25.9 Å². The number of piperidine rings is 1. The number of carbonyl (C=O) groups is 1. The Hall–Kier alpha value is -0.610. The van der Waals surface area contributed by atoms with E-state index in [0.29, 0.717) is 12.1 Å². The summed E-state index contributed by atoms with van der Waals surface area (Å²) in [5.41, 5.74) is 0. The number of amides is 1. The predicted molar refractivity (Wildman–Crippen MR) is 85.6 cm³/mol. The van der Waals surface area contributed by atoms with Crippen LogP contribution in [0.5, 0.6) is 0 Å². The summed E-state index contributed by atoms with van der Waals surface area (Å²) in [6.45, 7) is 6.60. The van der Waals surface area contributed by atoms with Crippen molar-refractivity contribution in [1.82, 2.24) is 9.80 Å². The van der Waals surface area contributed by atoms with Crippen LogP contribution in [0.3, 0.4) is 0 Å². The number of carbonyl (C=O) groups excluding carboxylic acids is 1. The molecule has 22 heavy (non-hydrogen) atoms. The number of hydrogen-bond acceptors (Lipinski definition) is 3. The SMILES string of the molecule is CC1CCN(C(=O)[C@H]2CC[C@@H]3[C@@H](CCN3CC3CC3)O2)CC1. The molecule has 124 valence electrons. The maximum atomic E-state index is 12.7. The highest BCUT2D eigenvalue weighted by Crippen LogP contribution is 2.37. The normalized spacial score (nSPS) is 37.3. The van der Waals surface area contributed by atoms with Crippen molar-refractivity contribution >= 4 is 5.91 Å². The molecule has 3 heterocycles. The van der Waals surface area contributed by atoms with Crippen molar-refractivity contribution in [2.24, 2.45) is 11.8 Å². The molecule has 0 aromatic carbocycles. The summed E-state index contributed by atoms with van der Waals surface area (Å²) in [6.07, 6.45) is 8.50. The molecular formula is C18H30N2O2. The van der Waals surface area contributed by atoms with E-state index >= 15 is 0 Å². The molecule has 0 N–H and O–H groups in total. The summed E-state index contributed by atoms with van der Waals surface area (Å²) in [7, 11) is 0. The van der Waals surface area contributed by atoms with Crippen LogP contribution in [-0.2, 0) is 9.53 Å². The average molecular weight is 306 g/mol. The van der Waals surface area contributed by atoms with Gasteiger partial charge in [-0.15, -0.1) is 0 Å². The summed E-state index contributed by atoms with van der Waals surface area (Å²) in [5, 5.41) is 0. The van der Waals surface area contributed by atoms with Crippen molar-refractivity contribution in [3.05, 3.63) is 0 Å². The van der Waals surface area contributed by atoms with Gasteiger partial charge in [0.1, 0.15) is 6.10 Å². The molecule has 0 aromatic heterocycles. The van der Waals surface area contributed by atoms with E-state index in [-0.39, 0.29) is 12.0 Å². The van der Waals surface area contributed by atoms with Crippen LogP contribution in [0.1, 0.15) is 51.9 Å². The molecule has 1 saturated carbocycles. The van der Waals surface area contributed by atoms with Crippen LogP contribution in [0.4, 0.5) is 0 Å². The molecule has 4 heteroatoms. The van der Waals surface area contributed by atoms with Gasteiger partial charge in [-0.3, -0.25) is 9.69 Å². The van der Waals surface area contributed by atoms with Crippen LogP contribution >= 0.6 is 0 Å². The van der Waals surface area contributed by atoms with Crippen molar-refractivity contribution in [3.63, 3.8) is 0 Å². The van der Waals surface area contributed by atoms with E-state index in [4.69, 9.17) is 4.74 Å². The first-order valence-electron chi connectivity index (χ1n) is 9.39. The highest BCUT2D eigenvalue weighted by Gasteiger charge is 2.43. The van der Waals surface area contributed by atoms with Gasteiger partial charge in [0.25, 0.3) is 5.91 Å². The Bertz CT molecular complexity index is 415. The minimum absolute atomic E-state index is 0.157. The van der Waals surface area contributed by atoms with Crippen LogP contribution in [-0.4, -0.2) is 60.1 Å². The van der Waals surface area contributed by atoms with Gasteiger partial charge in [0.05, 0.1) is 6.10 Å². The molecule has 3 aliphatic heterocycles. The number of fused-ring (bicyclic) bond motifs is 1. The topological polar surface area (TPSA) is 32.8 Å². The van der Waals surface area contributed by atoms with Crippen molar-refractivity contribution in [1.29, 1.82) is 0 Å². The van der Waals surface area contributed by atoms with Crippen LogP contribution in [0.15, 0.2) is 0 Å². The van der Waals surface area contributed by atoms with Gasteiger partial charge in [0, 0.05) is 32.2 Å². The fraction of sp³-hybridized carbons (Fsp3) is 0.944. The number of rotatable bonds is 3. The second-order valence-electron chi connectivity index (χ2n) is 8.04. The molecule has 0 bridgehead atoms. The molecular weight excluding hydrogens is 276 g/mol. The standard InChI is InChI=1S/C18H30N2O2/c1-13-6-9-19(10-7-13)18(21)17-5-4-15-16(22-17)8-11-20(15)12-14-2-3-14/h13-17H,2-12H2,1H3/t15-,16-,17-/m1/s1. The second-order valence-corrected chi connectivity index (χ2v) is 8.04. The van der Waals surface area contributed by atoms with E-state index < -0.39 is 0 Å². The van der Waals surface area contributed by atoms with Crippen molar-refractivity contribution < 1.29 is 9.53 Å². The molecule has 4 aliphatic rings. The smallest absolute Gasteiger partial charge is 0.251 e. The van der Waals surface area contributed by atoms with Gasteiger partial charge in [-0.2, -0.15) is 0 Å². The minimum Gasteiger partial charge on any atom is -0.363 e. The molecule has 3 atom stereocenters. The zero-order valence-corrected chi connectivity index (χ0v) is 13.9. The molecule has 1 aliphatic carbocycles. The lowest BCUT2D eigenvalue weighted by Crippen LogP contribution is -2.50. The highest BCUT2D eigenvalue weighted by molar-refractivity contribution is 5.81. The molecule has 4 nitrogen and oxygen atoms in total. The van der Waals surface area contributed by atoms with Gasteiger partial charge in [-0.1, -0.05) is 6.92 Å². The lowest BCUT2D eigenvalue weighted by atomic mass is 9.96. The van der Waals surface area contributed by atoms with Crippen molar-refractivity contribution in [2.75, 3.05) is 26.2 Å². The van der Waals surface area contributed by atoms with Gasteiger partial charge in [0.15, 0.2) is 0 Å². The van der Waals surface area contributed by atoms with Gasteiger partial charge in [-0.25, -0.2) is 0 Å². The summed E-state index contributed by atoms with van der Waals surface area (Å²) in [6, 6.07) is 0.589. The third kappa shape index (κ3) is 3.05. The fourth-order valence-electron chi connectivity index (χ4n) is 4.49. The van der Waals surface area contributed by atoms with Crippen molar-refractivity contribution in [3.8, 4) is 0 Å². The van der Waals surface area contributed by atoms with Crippen LogP contribution in [0.25, 0.3) is 0 Å². The second kappa shape index (κ2) is 6.12. The van der Waals surface area contributed by atoms with Gasteiger partial charge >= 0.3 is 0 Å². The highest BCUT2D eigenvalue weighted by atomic mass is 16.5. The summed E-state index contributed by atoms with van der Waals surface area (Å²) >= 11 is 0. The molecule has 0 aromatic rings. The van der Waals surface area contributed by atoms with E-state index in [1.54, 1.807) is 0 Å². The minimum atomic E-state index is -0.157. The number of ether oxygens (including phenoxy) is 1. The van der Waals surface area contributed by atoms with Crippen LogP contribution in [0, 0.1) is 11.8 Å². The Labute approximate surface area is 134 Å². The van der Waals surface area contributed by atoms with Crippen molar-refractivity contribution in [2.45, 2.75) is 70.1 Å². The van der Waals surface area contributed by atoms with E-state index in [1.807, 2.05) is 0 Å². The lowest BCUT2D eigenvalue weighted by Gasteiger charge is -2.38.